The van der Waals surface area contributed by atoms with Crippen molar-refractivity contribution in [3.8, 4) is 0 Å². The number of benzene rings is 2. The zero-order valence-electron chi connectivity index (χ0n) is 17.2. The van der Waals surface area contributed by atoms with Gasteiger partial charge in [-0.05, 0) is 75.4 Å². The smallest absolute Gasteiger partial charge is 0.129 e. The number of allylic oxidation sites excluding steroid dienone is 2. The standard InChI is InChI=1S/C16H22O.C8H8F2/c1-7-17-14(6)15-9-8-12(4)16(10-15)13(5)11(2)3;1-2-6-3-4-7(9)5-8(6)10/h8-10H,6-7H2,1-5H3;3-5H,2H2,1H3. The van der Waals surface area contributed by atoms with Gasteiger partial charge in [0, 0.05) is 11.6 Å². The summed E-state index contributed by atoms with van der Waals surface area (Å²) in [6.45, 7) is 17.0. The first-order valence-corrected chi connectivity index (χ1v) is 9.22. The Morgan fingerprint density at radius 1 is 1.00 bits per heavy atom. The summed E-state index contributed by atoms with van der Waals surface area (Å²) in [7, 11) is 0. The van der Waals surface area contributed by atoms with Crippen molar-refractivity contribution in [3.05, 3.63) is 82.4 Å². The number of rotatable bonds is 5. The Morgan fingerprint density at radius 3 is 2.19 bits per heavy atom. The average molecular weight is 372 g/mol. The van der Waals surface area contributed by atoms with Gasteiger partial charge in [0.05, 0.1) is 6.61 Å². The lowest BCUT2D eigenvalue weighted by Crippen LogP contribution is -1.94. The quantitative estimate of drug-likeness (QED) is 0.499. The van der Waals surface area contributed by atoms with Crippen LogP contribution < -0.4 is 0 Å². The molecule has 0 radical (unpaired) electrons. The highest BCUT2D eigenvalue weighted by Crippen LogP contribution is 2.25. The summed E-state index contributed by atoms with van der Waals surface area (Å²) < 4.78 is 30.3. The third-order valence-electron chi connectivity index (χ3n) is 4.43. The van der Waals surface area contributed by atoms with Crippen LogP contribution in [0.4, 0.5) is 8.78 Å². The van der Waals surface area contributed by atoms with E-state index in [4.69, 9.17) is 4.74 Å². The largest absolute Gasteiger partial charge is 0.494 e. The van der Waals surface area contributed by atoms with Gasteiger partial charge in [-0.1, -0.05) is 37.3 Å². The van der Waals surface area contributed by atoms with Gasteiger partial charge in [0.25, 0.3) is 0 Å². The van der Waals surface area contributed by atoms with E-state index >= 15 is 0 Å². The maximum Gasteiger partial charge on any atom is 0.129 e. The molecule has 0 saturated heterocycles. The molecule has 1 nitrogen and oxygen atoms in total. The fourth-order valence-corrected chi connectivity index (χ4v) is 2.53. The highest BCUT2D eigenvalue weighted by molar-refractivity contribution is 5.72. The Morgan fingerprint density at radius 2 is 1.67 bits per heavy atom. The van der Waals surface area contributed by atoms with E-state index in [-0.39, 0.29) is 0 Å². The summed E-state index contributed by atoms with van der Waals surface area (Å²) in [6, 6.07) is 9.98. The lowest BCUT2D eigenvalue weighted by atomic mass is 9.96. The van der Waals surface area contributed by atoms with E-state index in [0.717, 1.165) is 17.4 Å². The van der Waals surface area contributed by atoms with Crippen LogP contribution >= 0.6 is 0 Å². The van der Waals surface area contributed by atoms with Crippen molar-refractivity contribution < 1.29 is 13.5 Å². The van der Waals surface area contributed by atoms with E-state index in [1.807, 2.05) is 13.8 Å². The number of aryl methyl sites for hydroxylation is 2. The molecule has 0 bridgehead atoms. The van der Waals surface area contributed by atoms with Crippen LogP contribution in [0.5, 0.6) is 0 Å². The molecular formula is C24H30F2O. The van der Waals surface area contributed by atoms with Crippen molar-refractivity contribution in [1.29, 1.82) is 0 Å². The molecule has 0 aliphatic heterocycles. The summed E-state index contributed by atoms with van der Waals surface area (Å²) in [5, 5.41) is 0. The zero-order valence-corrected chi connectivity index (χ0v) is 17.2. The van der Waals surface area contributed by atoms with Gasteiger partial charge < -0.3 is 4.74 Å². The highest BCUT2D eigenvalue weighted by Gasteiger charge is 2.06. The minimum Gasteiger partial charge on any atom is -0.494 e. The van der Waals surface area contributed by atoms with E-state index in [0.29, 0.717) is 18.6 Å². The Kier molecular flexibility index (Phi) is 8.93. The summed E-state index contributed by atoms with van der Waals surface area (Å²) in [5.41, 5.74) is 6.86. The molecule has 2 aromatic rings. The van der Waals surface area contributed by atoms with Crippen molar-refractivity contribution in [2.45, 2.75) is 48.0 Å². The van der Waals surface area contributed by atoms with Crippen LogP contribution in [-0.4, -0.2) is 6.61 Å². The molecule has 0 heterocycles. The number of ether oxygens (including phenoxy) is 1. The molecule has 146 valence electrons. The van der Waals surface area contributed by atoms with Crippen LogP contribution in [-0.2, 0) is 11.2 Å². The predicted octanol–water partition coefficient (Wildman–Crippen LogP) is 7.34. The minimum absolute atomic E-state index is 0.456. The second-order valence-electron chi connectivity index (χ2n) is 6.60. The third kappa shape index (κ3) is 6.67. The molecule has 27 heavy (non-hydrogen) atoms. The molecule has 0 N–H and O–H groups in total. The van der Waals surface area contributed by atoms with Crippen molar-refractivity contribution in [2.75, 3.05) is 6.61 Å². The molecule has 3 heteroatoms. The molecule has 0 aliphatic carbocycles. The molecule has 0 fully saturated rings. The van der Waals surface area contributed by atoms with Crippen LogP contribution in [0.1, 0.15) is 56.9 Å². The number of hydrogen-bond acceptors (Lipinski definition) is 1. The van der Waals surface area contributed by atoms with Crippen molar-refractivity contribution in [2.24, 2.45) is 0 Å². The van der Waals surface area contributed by atoms with Gasteiger partial charge in [0.15, 0.2) is 0 Å². The third-order valence-corrected chi connectivity index (χ3v) is 4.43. The molecule has 0 amide bonds. The van der Waals surface area contributed by atoms with Crippen LogP contribution in [0.2, 0.25) is 0 Å². The lowest BCUT2D eigenvalue weighted by molar-refractivity contribution is 0.299. The minimum atomic E-state index is -0.519. The molecule has 0 atom stereocenters. The summed E-state index contributed by atoms with van der Waals surface area (Å²) >= 11 is 0. The fraction of sp³-hybridized carbons (Fsp3) is 0.333. The summed E-state index contributed by atoms with van der Waals surface area (Å²) in [4.78, 5) is 0. The van der Waals surface area contributed by atoms with Crippen molar-refractivity contribution >= 4 is 11.3 Å². The van der Waals surface area contributed by atoms with Gasteiger partial charge in [-0.3, -0.25) is 0 Å². The van der Waals surface area contributed by atoms with Crippen molar-refractivity contribution in [1.82, 2.24) is 0 Å². The van der Waals surface area contributed by atoms with E-state index in [2.05, 4.69) is 52.5 Å². The number of hydrogen-bond donors (Lipinski definition) is 0. The summed E-state index contributed by atoms with van der Waals surface area (Å²) in [6.07, 6.45) is 0.603. The summed E-state index contributed by atoms with van der Waals surface area (Å²) in [5.74, 6) is -0.229. The fourth-order valence-electron chi connectivity index (χ4n) is 2.53. The van der Waals surface area contributed by atoms with Crippen LogP contribution in [0, 0.1) is 18.6 Å². The van der Waals surface area contributed by atoms with Gasteiger partial charge in [-0.25, -0.2) is 8.78 Å². The van der Waals surface area contributed by atoms with E-state index < -0.39 is 11.6 Å². The van der Waals surface area contributed by atoms with Gasteiger partial charge in [0.2, 0.25) is 0 Å². The van der Waals surface area contributed by atoms with Gasteiger partial charge in [0.1, 0.15) is 17.4 Å². The maximum atomic E-state index is 12.6. The first-order valence-electron chi connectivity index (χ1n) is 9.22. The Balaban J connectivity index is 0.000000309. The first kappa shape index (κ1) is 22.6. The first-order chi connectivity index (χ1) is 12.7. The molecular weight excluding hydrogens is 342 g/mol. The number of halogens is 2. The van der Waals surface area contributed by atoms with E-state index in [9.17, 15) is 8.78 Å². The molecule has 0 unspecified atom stereocenters. The highest BCUT2D eigenvalue weighted by atomic mass is 19.1. The molecule has 2 rings (SSSR count). The molecule has 0 spiro atoms. The van der Waals surface area contributed by atoms with Crippen LogP contribution in [0.15, 0.2) is 48.6 Å². The van der Waals surface area contributed by atoms with Gasteiger partial charge in [-0.15, -0.1) is 0 Å². The van der Waals surface area contributed by atoms with Crippen LogP contribution in [0.3, 0.4) is 0 Å². The molecule has 0 aliphatic rings. The topological polar surface area (TPSA) is 9.23 Å². The normalized spacial score (nSPS) is 9.93. The molecule has 0 saturated carbocycles. The SMILES string of the molecule is C=C(OCC)c1ccc(C)c(C(C)=C(C)C)c1.CCc1ccc(F)cc1F. The van der Waals surface area contributed by atoms with E-state index in [1.165, 1.54) is 34.4 Å². The predicted molar refractivity (Wildman–Crippen MR) is 112 cm³/mol. The Labute approximate surface area is 162 Å². The molecule has 0 aromatic heterocycles. The maximum absolute atomic E-state index is 12.6. The van der Waals surface area contributed by atoms with E-state index in [1.54, 1.807) is 0 Å². The Hall–Kier alpha value is -2.42. The van der Waals surface area contributed by atoms with Gasteiger partial charge in [-0.2, -0.15) is 0 Å². The average Bonchev–Trinajstić information content (AvgIpc) is 2.62. The van der Waals surface area contributed by atoms with Crippen LogP contribution in [0.25, 0.3) is 11.3 Å². The Bertz CT molecular complexity index is 815. The zero-order chi connectivity index (χ0) is 20.6. The van der Waals surface area contributed by atoms with Gasteiger partial charge >= 0.3 is 0 Å². The lowest BCUT2D eigenvalue weighted by Gasteiger charge is -2.13. The van der Waals surface area contributed by atoms with Crippen molar-refractivity contribution in [3.63, 3.8) is 0 Å². The molecule has 2 aromatic carbocycles. The second kappa shape index (κ2) is 10.7. The monoisotopic (exact) mass is 372 g/mol. The second-order valence-corrected chi connectivity index (χ2v) is 6.60.